The van der Waals surface area contributed by atoms with Gasteiger partial charge in [-0.05, 0) is 76.2 Å². The lowest BCUT2D eigenvalue weighted by Gasteiger charge is -2.21. The van der Waals surface area contributed by atoms with Crippen LogP contribution in [0.1, 0.15) is 40.2 Å². The molecule has 1 N–H and O–H groups in total. The molecule has 0 aromatic heterocycles. The minimum absolute atomic E-state index is 0.117. The van der Waals surface area contributed by atoms with Crippen molar-refractivity contribution in [3.8, 4) is 5.75 Å². The van der Waals surface area contributed by atoms with Crippen molar-refractivity contribution in [2.75, 3.05) is 6.61 Å². The molecule has 1 rings (SSSR count). The van der Waals surface area contributed by atoms with Crippen molar-refractivity contribution < 1.29 is 4.74 Å². The van der Waals surface area contributed by atoms with Crippen LogP contribution in [0, 0.1) is 5.92 Å². The number of nitrogens with one attached hydrogen (secondary N) is 1. The van der Waals surface area contributed by atoms with Crippen molar-refractivity contribution >= 4 is 31.9 Å². The third-order valence-corrected chi connectivity index (χ3v) is 3.62. The average molecular weight is 393 g/mol. The minimum Gasteiger partial charge on any atom is -0.491 e. The van der Waals surface area contributed by atoms with Crippen LogP contribution in [-0.2, 0) is 6.54 Å². The molecule has 0 saturated heterocycles. The molecule has 4 heteroatoms. The molecule has 1 aromatic carbocycles. The van der Waals surface area contributed by atoms with Crippen molar-refractivity contribution in [1.29, 1.82) is 0 Å². The number of rotatable bonds is 5. The van der Waals surface area contributed by atoms with Crippen molar-refractivity contribution in [2.45, 2.75) is 46.7 Å². The van der Waals surface area contributed by atoms with Gasteiger partial charge in [-0.3, -0.25) is 0 Å². The molecule has 0 atom stereocenters. The molecule has 0 radical (unpaired) electrons. The Hall–Kier alpha value is -0.0600. The summed E-state index contributed by atoms with van der Waals surface area (Å²) in [7, 11) is 0. The third-order valence-electron chi connectivity index (χ3n) is 2.44. The summed E-state index contributed by atoms with van der Waals surface area (Å²) in [6.45, 7) is 12.3. The van der Waals surface area contributed by atoms with Crippen molar-refractivity contribution in [2.24, 2.45) is 5.92 Å². The first-order valence-corrected chi connectivity index (χ1v) is 8.13. The van der Waals surface area contributed by atoms with Gasteiger partial charge < -0.3 is 10.1 Å². The standard InChI is InChI=1S/C15H23Br2NO/c1-10(2)9-19-14-12(16)6-11(7-13(14)17)8-18-15(3,4)5/h6-7,10,18H,8-9H2,1-5H3. The lowest BCUT2D eigenvalue weighted by molar-refractivity contribution is 0.268. The molecule has 0 heterocycles. The predicted octanol–water partition coefficient (Wildman–Crippen LogP) is 5.13. The SMILES string of the molecule is CC(C)COc1c(Br)cc(CNC(C)(C)C)cc1Br. The molecular formula is C15H23Br2NO. The lowest BCUT2D eigenvalue weighted by atomic mass is 10.1. The molecule has 2 nitrogen and oxygen atoms in total. The lowest BCUT2D eigenvalue weighted by Crippen LogP contribution is -2.35. The molecule has 0 spiro atoms. The summed E-state index contributed by atoms with van der Waals surface area (Å²) < 4.78 is 7.80. The van der Waals surface area contributed by atoms with Gasteiger partial charge in [0.2, 0.25) is 0 Å². The highest BCUT2D eigenvalue weighted by Crippen LogP contribution is 2.35. The molecule has 0 amide bonds. The third kappa shape index (κ3) is 6.28. The van der Waals surface area contributed by atoms with Gasteiger partial charge in [0, 0.05) is 12.1 Å². The maximum Gasteiger partial charge on any atom is 0.147 e. The summed E-state index contributed by atoms with van der Waals surface area (Å²) in [5, 5.41) is 3.48. The van der Waals surface area contributed by atoms with Gasteiger partial charge in [-0.2, -0.15) is 0 Å². The van der Waals surface area contributed by atoms with Gasteiger partial charge in [0.1, 0.15) is 5.75 Å². The summed E-state index contributed by atoms with van der Waals surface area (Å²) in [5.74, 6) is 1.40. The topological polar surface area (TPSA) is 21.3 Å². The van der Waals surface area contributed by atoms with Gasteiger partial charge in [-0.1, -0.05) is 13.8 Å². The van der Waals surface area contributed by atoms with Gasteiger partial charge in [0.25, 0.3) is 0 Å². The van der Waals surface area contributed by atoms with E-state index in [2.05, 4.69) is 83.9 Å². The van der Waals surface area contributed by atoms with E-state index in [-0.39, 0.29) is 5.54 Å². The second kappa shape index (κ2) is 7.09. The molecule has 0 unspecified atom stereocenters. The fraction of sp³-hybridized carbons (Fsp3) is 0.600. The molecular weight excluding hydrogens is 370 g/mol. The van der Waals surface area contributed by atoms with Crippen molar-refractivity contribution in [1.82, 2.24) is 5.32 Å². The Balaban J connectivity index is 2.79. The molecule has 0 bridgehead atoms. The fourth-order valence-electron chi connectivity index (χ4n) is 1.47. The highest BCUT2D eigenvalue weighted by Gasteiger charge is 2.12. The van der Waals surface area contributed by atoms with E-state index in [1.165, 1.54) is 5.56 Å². The second-order valence-corrected chi connectivity index (χ2v) is 7.91. The van der Waals surface area contributed by atoms with Crippen LogP contribution < -0.4 is 10.1 Å². The van der Waals surface area contributed by atoms with Gasteiger partial charge in [-0.25, -0.2) is 0 Å². The normalized spacial score (nSPS) is 12.0. The van der Waals surface area contributed by atoms with E-state index in [9.17, 15) is 0 Å². The zero-order valence-corrected chi connectivity index (χ0v) is 15.5. The van der Waals surface area contributed by atoms with Crippen LogP contribution in [0.2, 0.25) is 0 Å². The highest BCUT2D eigenvalue weighted by molar-refractivity contribution is 9.11. The maximum absolute atomic E-state index is 5.82. The van der Waals surface area contributed by atoms with Gasteiger partial charge in [-0.15, -0.1) is 0 Å². The van der Waals surface area contributed by atoms with E-state index in [0.717, 1.165) is 27.8 Å². The Labute approximate surface area is 133 Å². The fourth-order valence-corrected chi connectivity index (χ4v) is 2.98. The molecule has 0 aliphatic carbocycles. The van der Waals surface area contributed by atoms with E-state index >= 15 is 0 Å². The smallest absolute Gasteiger partial charge is 0.147 e. The minimum atomic E-state index is 0.117. The van der Waals surface area contributed by atoms with Crippen molar-refractivity contribution in [3.63, 3.8) is 0 Å². The Bertz CT molecular complexity index is 402. The zero-order chi connectivity index (χ0) is 14.6. The summed E-state index contributed by atoms with van der Waals surface area (Å²) >= 11 is 7.17. The van der Waals surface area contributed by atoms with Crippen LogP contribution in [0.3, 0.4) is 0 Å². The summed E-state index contributed by atoms with van der Waals surface area (Å²) in [6, 6.07) is 4.22. The molecule has 108 valence electrons. The molecule has 0 saturated carbocycles. The number of halogens is 2. The van der Waals surface area contributed by atoms with E-state index in [1.807, 2.05) is 0 Å². The van der Waals surface area contributed by atoms with E-state index < -0.39 is 0 Å². The quantitative estimate of drug-likeness (QED) is 0.749. The maximum atomic E-state index is 5.82. The number of benzene rings is 1. The molecule has 19 heavy (non-hydrogen) atoms. The largest absolute Gasteiger partial charge is 0.491 e. The van der Waals surface area contributed by atoms with E-state index in [1.54, 1.807) is 0 Å². The van der Waals surface area contributed by atoms with Crippen LogP contribution in [0.15, 0.2) is 21.1 Å². The summed E-state index contributed by atoms with van der Waals surface area (Å²) in [6.07, 6.45) is 0. The van der Waals surface area contributed by atoms with Gasteiger partial charge in [0.15, 0.2) is 0 Å². The molecule has 1 aromatic rings. The first kappa shape index (κ1) is 17.0. The van der Waals surface area contributed by atoms with Crippen molar-refractivity contribution in [3.05, 3.63) is 26.6 Å². The first-order chi connectivity index (χ1) is 8.69. The molecule has 0 fully saturated rings. The number of hydrogen-bond donors (Lipinski definition) is 1. The number of ether oxygens (including phenoxy) is 1. The molecule has 0 aliphatic heterocycles. The Kier molecular flexibility index (Phi) is 6.34. The molecule has 0 aliphatic rings. The van der Waals surface area contributed by atoms with Crippen LogP contribution in [0.4, 0.5) is 0 Å². The average Bonchev–Trinajstić information content (AvgIpc) is 2.23. The predicted molar refractivity (Wildman–Crippen MR) is 88.8 cm³/mol. The summed E-state index contributed by atoms with van der Waals surface area (Å²) in [5.41, 5.74) is 1.34. The highest BCUT2D eigenvalue weighted by atomic mass is 79.9. The van der Waals surface area contributed by atoms with Gasteiger partial charge in [0.05, 0.1) is 15.6 Å². The Morgan fingerprint density at radius 1 is 1.16 bits per heavy atom. The van der Waals surface area contributed by atoms with Crippen LogP contribution >= 0.6 is 31.9 Å². The van der Waals surface area contributed by atoms with E-state index in [0.29, 0.717) is 5.92 Å². The second-order valence-electron chi connectivity index (χ2n) is 6.20. The zero-order valence-electron chi connectivity index (χ0n) is 12.3. The first-order valence-electron chi connectivity index (χ1n) is 6.55. The summed E-state index contributed by atoms with van der Waals surface area (Å²) in [4.78, 5) is 0. The Morgan fingerprint density at radius 2 is 1.68 bits per heavy atom. The monoisotopic (exact) mass is 391 g/mol. The van der Waals surface area contributed by atoms with Crippen LogP contribution in [0.25, 0.3) is 0 Å². The van der Waals surface area contributed by atoms with Crippen LogP contribution in [0.5, 0.6) is 5.75 Å². The van der Waals surface area contributed by atoms with E-state index in [4.69, 9.17) is 4.74 Å². The van der Waals surface area contributed by atoms with Crippen LogP contribution in [-0.4, -0.2) is 12.1 Å². The number of hydrogen-bond acceptors (Lipinski definition) is 2. The van der Waals surface area contributed by atoms with Gasteiger partial charge >= 0.3 is 0 Å². The Morgan fingerprint density at radius 3 is 2.11 bits per heavy atom.